The van der Waals surface area contributed by atoms with Gasteiger partial charge in [-0.1, -0.05) is 37.7 Å². The van der Waals surface area contributed by atoms with Gasteiger partial charge in [-0.3, -0.25) is 9.69 Å². The molecule has 3 atom stereocenters. The number of benzene rings is 1. The summed E-state index contributed by atoms with van der Waals surface area (Å²) in [5, 5.41) is 10.5. The van der Waals surface area contributed by atoms with E-state index in [-0.39, 0.29) is 6.54 Å². The van der Waals surface area contributed by atoms with Crippen LogP contribution in [0.5, 0.6) is 0 Å². The van der Waals surface area contributed by atoms with Crippen molar-refractivity contribution in [2.24, 2.45) is 0 Å². The molecule has 164 valence electrons. The van der Waals surface area contributed by atoms with Crippen molar-refractivity contribution in [3.8, 4) is 11.5 Å². The molecule has 1 amide bonds. The van der Waals surface area contributed by atoms with Crippen LogP contribution in [0.1, 0.15) is 38.8 Å². The minimum Gasteiger partial charge on any atom is -0.457 e. The molecule has 7 heteroatoms. The van der Waals surface area contributed by atoms with Crippen molar-refractivity contribution in [2.45, 2.75) is 77.6 Å². The molecule has 0 spiro atoms. The molecule has 0 unspecified atom stereocenters. The van der Waals surface area contributed by atoms with Gasteiger partial charge in [0.1, 0.15) is 25.9 Å². The number of hydrogen-bond donors (Lipinski definition) is 1. The average Bonchev–Trinajstić information content (AvgIpc) is 2.88. The van der Waals surface area contributed by atoms with E-state index in [0.717, 1.165) is 11.1 Å². The SMILES string of the molecule is CC(=O)O[C@H]1[C@@H](Cc2ccc(C#C[Si](C)(C)C)cc2)N(C(=O)OC(C)(C)C)C[C@@H]1O. The van der Waals surface area contributed by atoms with Gasteiger partial charge in [0.15, 0.2) is 0 Å². The average molecular weight is 432 g/mol. The molecule has 0 saturated carbocycles. The molecule has 1 saturated heterocycles. The van der Waals surface area contributed by atoms with E-state index in [1.807, 2.05) is 24.3 Å². The molecular formula is C23H33NO5Si. The Balaban J connectivity index is 2.24. The predicted octanol–water partition coefficient (Wildman–Crippen LogP) is 3.37. The van der Waals surface area contributed by atoms with E-state index in [9.17, 15) is 14.7 Å². The Morgan fingerprint density at radius 1 is 1.20 bits per heavy atom. The summed E-state index contributed by atoms with van der Waals surface area (Å²) in [6.07, 6.45) is -1.87. The first-order valence-corrected chi connectivity index (χ1v) is 13.7. The summed E-state index contributed by atoms with van der Waals surface area (Å²) in [4.78, 5) is 25.7. The third-order valence-corrected chi connectivity index (χ3v) is 5.33. The first-order chi connectivity index (χ1) is 13.7. The molecule has 1 aliphatic heterocycles. The van der Waals surface area contributed by atoms with E-state index in [0.29, 0.717) is 6.42 Å². The molecule has 1 heterocycles. The minimum absolute atomic E-state index is 0.0529. The van der Waals surface area contributed by atoms with Gasteiger partial charge >= 0.3 is 12.1 Å². The van der Waals surface area contributed by atoms with Gasteiger partial charge in [0.05, 0.1) is 12.6 Å². The first-order valence-electron chi connectivity index (χ1n) is 10.2. The summed E-state index contributed by atoms with van der Waals surface area (Å²) < 4.78 is 10.9. The fourth-order valence-electron chi connectivity index (χ4n) is 3.21. The lowest BCUT2D eigenvalue weighted by molar-refractivity contribution is -0.151. The van der Waals surface area contributed by atoms with E-state index in [1.165, 1.54) is 11.8 Å². The lowest BCUT2D eigenvalue weighted by Gasteiger charge is -2.30. The predicted molar refractivity (Wildman–Crippen MR) is 119 cm³/mol. The zero-order valence-electron chi connectivity index (χ0n) is 19.0. The van der Waals surface area contributed by atoms with Crippen LogP contribution in [0, 0.1) is 11.5 Å². The van der Waals surface area contributed by atoms with Crippen LogP contribution in [0.3, 0.4) is 0 Å². The molecule has 1 aromatic rings. The maximum Gasteiger partial charge on any atom is 0.410 e. The van der Waals surface area contributed by atoms with Gasteiger partial charge < -0.3 is 14.6 Å². The number of aliphatic hydroxyl groups excluding tert-OH is 1. The molecule has 0 bridgehead atoms. The van der Waals surface area contributed by atoms with Gasteiger partial charge in [0, 0.05) is 12.5 Å². The summed E-state index contributed by atoms with van der Waals surface area (Å²) in [6.45, 7) is 13.3. The highest BCUT2D eigenvalue weighted by Crippen LogP contribution is 2.27. The molecule has 30 heavy (non-hydrogen) atoms. The number of rotatable bonds is 3. The van der Waals surface area contributed by atoms with Crippen molar-refractivity contribution in [1.82, 2.24) is 4.90 Å². The van der Waals surface area contributed by atoms with Crippen LogP contribution in [0.15, 0.2) is 24.3 Å². The Hall–Kier alpha value is -2.30. The fraction of sp³-hybridized carbons (Fsp3) is 0.565. The van der Waals surface area contributed by atoms with Crippen molar-refractivity contribution >= 4 is 20.1 Å². The lowest BCUT2D eigenvalue weighted by Crippen LogP contribution is -2.45. The smallest absolute Gasteiger partial charge is 0.410 e. The van der Waals surface area contributed by atoms with Crippen LogP contribution in [-0.4, -0.2) is 60.5 Å². The van der Waals surface area contributed by atoms with Gasteiger partial charge in [0.25, 0.3) is 0 Å². The number of carbonyl (C=O) groups excluding carboxylic acids is 2. The Bertz CT molecular complexity index is 826. The lowest BCUT2D eigenvalue weighted by atomic mass is 10.00. The molecule has 1 aromatic carbocycles. The number of β-amino-alcohol motifs (C(OH)–C–C–N with tert-alkyl or cyclic N) is 1. The second-order valence-electron chi connectivity index (χ2n) is 9.74. The summed E-state index contributed by atoms with van der Waals surface area (Å²) in [7, 11) is -1.45. The Labute approximate surface area is 180 Å². The van der Waals surface area contributed by atoms with Crippen LogP contribution >= 0.6 is 0 Å². The number of carbonyl (C=O) groups is 2. The van der Waals surface area contributed by atoms with E-state index in [1.54, 1.807) is 20.8 Å². The second-order valence-corrected chi connectivity index (χ2v) is 14.5. The monoisotopic (exact) mass is 431 g/mol. The second kappa shape index (κ2) is 9.23. The van der Waals surface area contributed by atoms with Crippen molar-refractivity contribution in [3.05, 3.63) is 35.4 Å². The van der Waals surface area contributed by atoms with E-state index in [2.05, 4.69) is 31.1 Å². The fourth-order valence-corrected chi connectivity index (χ4v) is 3.72. The number of aliphatic hydroxyl groups is 1. The number of hydrogen-bond acceptors (Lipinski definition) is 5. The maximum absolute atomic E-state index is 12.7. The van der Waals surface area contributed by atoms with Gasteiger partial charge in [-0.15, -0.1) is 5.54 Å². The summed E-state index contributed by atoms with van der Waals surface area (Å²) >= 11 is 0. The molecule has 1 fully saturated rings. The van der Waals surface area contributed by atoms with E-state index < -0.39 is 44.0 Å². The molecule has 0 aromatic heterocycles. The van der Waals surface area contributed by atoms with Crippen LogP contribution in [0.4, 0.5) is 4.79 Å². The molecule has 0 radical (unpaired) electrons. The number of likely N-dealkylation sites (tertiary alicyclic amines) is 1. The number of nitrogens with zero attached hydrogens (tertiary/aromatic N) is 1. The zero-order valence-corrected chi connectivity index (χ0v) is 20.0. The molecule has 1 N–H and O–H groups in total. The standard InChI is InChI=1S/C23H33NO5Si/c1-16(25)28-21-19(24(15-20(21)26)22(27)29-23(2,3)4)14-18-10-8-17(9-11-18)12-13-30(5,6)7/h8-11,19-21,26H,14-15H2,1-7H3/t19-,20+,21+/m1/s1. The topological polar surface area (TPSA) is 76.1 Å². The van der Waals surface area contributed by atoms with Gasteiger partial charge in [0.2, 0.25) is 0 Å². The highest BCUT2D eigenvalue weighted by Gasteiger charge is 2.46. The van der Waals surface area contributed by atoms with Gasteiger partial charge in [-0.05, 0) is 44.9 Å². The minimum atomic E-state index is -1.45. The third-order valence-electron chi connectivity index (χ3n) is 4.45. The maximum atomic E-state index is 12.7. The molecular weight excluding hydrogens is 398 g/mol. The van der Waals surface area contributed by atoms with Crippen molar-refractivity contribution in [1.29, 1.82) is 0 Å². The zero-order chi connectivity index (χ0) is 22.7. The number of ether oxygens (including phenoxy) is 2. The first kappa shape index (κ1) is 24.0. The largest absolute Gasteiger partial charge is 0.457 e. The number of amides is 1. The van der Waals surface area contributed by atoms with E-state index in [4.69, 9.17) is 9.47 Å². The highest BCUT2D eigenvalue weighted by atomic mass is 28.3. The number of esters is 1. The van der Waals surface area contributed by atoms with Crippen molar-refractivity contribution in [3.63, 3.8) is 0 Å². The third kappa shape index (κ3) is 7.19. The highest BCUT2D eigenvalue weighted by molar-refractivity contribution is 6.83. The van der Waals surface area contributed by atoms with Crippen LogP contribution in [-0.2, 0) is 20.7 Å². The Morgan fingerprint density at radius 2 is 1.80 bits per heavy atom. The van der Waals surface area contributed by atoms with Crippen LogP contribution in [0.25, 0.3) is 0 Å². The van der Waals surface area contributed by atoms with Crippen LogP contribution in [0.2, 0.25) is 19.6 Å². The molecule has 0 aliphatic carbocycles. The normalized spacial score (nSPS) is 21.6. The quantitative estimate of drug-likeness (QED) is 0.451. The Kier molecular flexibility index (Phi) is 7.38. The molecule has 1 aliphatic rings. The molecule has 2 rings (SSSR count). The Morgan fingerprint density at radius 3 is 2.30 bits per heavy atom. The summed E-state index contributed by atoms with van der Waals surface area (Å²) in [5.74, 6) is 2.72. The van der Waals surface area contributed by atoms with Gasteiger partial charge in [-0.2, -0.15) is 0 Å². The van der Waals surface area contributed by atoms with Gasteiger partial charge in [-0.25, -0.2) is 4.79 Å². The van der Waals surface area contributed by atoms with Crippen LogP contribution < -0.4 is 0 Å². The summed E-state index contributed by atoms with van der Waals surface area (Å²) in [5.41, 5.74) is 4.57. The van der Waals surface area contributed by atoms with Crippen molar-refractivity contribution in [2.75, 3.05) is 6.54 Å². The van der Waals surface area contributed by atoms with E-state index >= 15 is 0 Å². The molecule has 6 nitrogen and oxygen atoms in total. The summed E-state index contributed by atoms with van der Waals surface area (Å²) in [6, 6.07) is 7.30. The van der Waals surface area contributed by atoms with Crippen molar-refractivity contribution < 1.29 is 24.2 Å².